The quantitative estimate of drug-likeness (QED) is 0.455. The van der Waals surface area contributed by atoms with Gasteiger partial charge in [0.2, 0.25) is 0 Å². The first-order chi connectivity index (χ1) is 2.77. The predicted octanol–water partition coefficient (Wildman–Crippen LogP) is -0.434. The molecule has 1 nitrogen and oxygen atoms in total. The monoisotopic (exact) mass is 200 g/mol. The molecule has 0 saturated heterocycles. The lowest BCUT2D eigenvalue weighted by Crippen LogP contribution is -3.06. The van der Waals surface area contributed by atoms with E-state index in [1.165, 1.54) is 15.9 Å². The van der Waals surface area contributed by atoms with Crippen LogP contribution in [-0.2, 0) is 0 Å². The van der Waals surface area contributed by atoms with Gasteiger partial charge in [-0.3, -0.25) is 0 Å². The zero-order valence-electron chi connectivity index (χ0n) is 4.29. The van der Waals surface area contributed by atoms with E-state index in [1.807, 2.05) is 0 Å². The van der Waals surface area contributed by atoms with Crippen LogP contribution in [-0.4, -0.2) is 25.1 Å². The lowest BCUT2D eigenvalue weighted by molar-refractivity contribution is -0.855. The molecule has 0 saturated carbocycles. The van der Waals surface area contributed by atoms with Crippen LogP contribution >= 0.6 is 22.6 Å². The van der Waals surface area contributed by atoms with Gasteiger partial charge in [0, 0.05) is 4.43 Å². The average Bonchev–Trinajstić information content (AvgIpc) is 1.35. The minimum atomic E-state index is 1.26. The van der Waals surface area contributed by atoms with Crippen LogP contribution in [0, 0.1) is 0 Å². The molecule has 38 valence electrons. The van der Waals surface area contributed by atoms with Crippen LogP contribution in [0.2, 0.25) is 0 Å². The second kappa shape index (κ2) is 3.87. The molecule has 0 aromatic rings. The maximum atomic E-state index is 2.38. The Morgan fingerprint density at radius 2 is 2.00 bits per heavy atom. The van der Waals surface area contributed by atoms with Crippen LogP contribution < -0.4 is 4.90 Å². The summed E-state index contributed by atoms with van der Waals surface area (Å²) in [4.78, 5) is 1.53. The lowest BCUT2D eigenvalue weighted by Gasteiger charge is -2.00. The van der Waals surface area contributed by atoms with Crippen LogP contribution in [0.3, 0.4) is 0 Å². The van der Waals surface area contributed by atoms with Crippen molar-refractivity contribution in [3.8, 4) is 0 Å². The Hall–Kier alpha value is 0.690. The zero-order chi connectivity index (χ0) is 4.99. The van der Waals surface area contributed by atoms with Crippen LogP contribution in [0.5, 0.6) is 0 Å². The number of nitrogens with one attached hydrogen (secondary N) is 1. The molecule has 0 rings (SSSR count). The molecule has 1 N–H and O–H groups in total. The molecule has 2 heteroatoms. The summed E-state index contributed by atoms with van der Waals surface area (Å²) in [5.74, 6) is 0. The minimum Gasteiger partial charge on any atom is -0.339 e. The number of rotatable bonds is 2. The highest BCUT2D eigenvalue weighted by molar-refractivity contribution is 14.1. The van der Waals surface area contributed by atoms with Gasteiger partial charge in [0.15, 0.2) is 0 Å². The predicted molar refractivity (Wildman–Crippen MR) is 36.6 cm³/mol. The second-order valence-electron chi connectivity index (χ2n) is 1.65. The third-order valence-electron chi connectivity index (χ3n) is 0.594. The van der Waals surface area contributed by atoms with Crippen LogP contribution in [0.1, 0.15) is 0 Å². The third-order valence-corrected chi connectivity index (χ3v) is 1.13. The van der Waals surface area contributed by atoms with Gasteiger partial charge in [0.25, 0.3) is 0 Å². The average molecular weight is 200 g/mol. The molecule has 0 aliphatic carbocycles. The molecule has 0 aromatic carbocycles. The van der Waals surface area contributed by atoms with Gasteiger partial charge in [-0.15, -0.1) is 0 Å². The van der Waals surface area contributed by atoms with Gasteiger partial charge < -0.3 is 4.90 Å². The fourth-order valence-corrected chi connectivity index (χ4v) is 1.27. The molecule has 0 aliphatic rings. The van der Waals surface area contributed by atoms with E-state index in [9.17, 15) is 0 Å². The molecular formula is C4H11IN+. The van der Waals surface area contributed by atoms with Crippen molar-refractivity contribution in [2.75, 3.05) is 25.1 Å². The van der Waals surface area contributed by atoms with Crippen molar-refractivity contribution in [3.63, 3.8) is 0 Å². The standard InChI is InChI=1S/C4H10IN/c1-6(2)4-3-5/h3-4H2,1-2H3/p+1. The van der Waals surface area contributed by atoms with Crippen molar-refractivity contribution in [2.45, 2.75) is 0 Å². The number of halogens is 1. The highest BCUT2D eigenvalue weighted by atomic mass is 127. The highest BCUT2D eigenvalue weighted by Crippen LogP contribution is 1.70. The van der Waals surface area contributed by atoms with Crippen LogP contribution in [0.4, 0.5) is 0 Å². The summed E-state index contributed by atoms with van der Waals surface area (Å²) in [6.07, 6.45) is 0. The molecule has 0 radical (unpaired) electrons. The van der Waals surface area contributed by atoms with E-state index in [1.54, 1.807) is 0 Å². The SMILES string of the molecule is C[NH+](C)CCI. The number of alkyl halides is 1. The molecule has 0 atom stereocenters. The Morgan fingerprint density at radius 3 is 2.00 bits per heavy atom. The normalized spacial score (nSPS) is 10.0. The maximum absolute atomic E-state index is 2.38. The van der Waals surface area contributed by atoms with Crippen LogP contribution in [0.15, 0.2) is 0 Å². The third kappa shape index (κ3) is 4.69. The molecule has 0 aliphatic heterocycles. The highest BCUT2D eigenvalue weighted by Gasteiger charge is 1.84. The van der Waals surface area contributed by atoms with E-state index in [0.717, 1.165) is 0 Å². The summed E-state index contributed by atoms with van der Waals surface area (Å²) in [5.41, 5.74) is 0. The largest absolute Gasteiger partial charge is 0.339 e. The van der Waals surface area contributed by atoms with Gasteiger partial charge in [0.05, 0.1) is 20.6 Å². The van der Waals surface area contributed by atoms with Gasteiger partial charge in [-0.05, 0) is 0 Å². The van der Waals surface area contributed by atoms with Crippen molar-refractivity contribution < 1.29 is 4.90 Å². The van der Waals surface area contributed by atoms with Gasteiger partial charge in [-0.2, -0.15) is 0 Å². The summed E-state index contributed by atoms with van der Waals surface area (Å²) in [6.45, 7) is 1.28. The fourth-order valence-electron chi connectivity index (χ4n) is 0.189. The molecule has 0 aromatic heterocycles. The molecular weight excluding hydrogens is 189 g/mol. The molecule has 0 amide bonds. The first-order valence-electron chi connectivity index (χ1n) is 2.12. The van der Waals surface area contributed by atoms with Gasteiger partial charge in [-0.1, -0.05) is 22.6 Å². The number of quaternary nitrogens is 1. The molecule has 6 heavy (non-hydrogen) atoms. The molecule has 0 unspecified atom stereocenters. The van der Waals surface area contributed by atoms with E-state index in [2.05, 4.69) is 36.7 Å². The number of hydrogen-bond donors (Lipinski definition) is 1. The Balaban J connectivity index is 2.63. The summed E-state index contributed by atoms with van der Waals surface area (Å²) >= 11 is 2.38. The van der Waals surface area contributed by atoms with E-state index in [-0.39, 0.29) is 0 Å². The first kappa shape index (κ1) is 6.69. The van der Waals surface area contributed by atoms with Crippen molar-refractivity contribution in [1.82, 2.24) is 0 Å². The molecule has 0 heterocycles. The first-order valence-corrected chi connectivity index (χ1v) is 3.65. The van der Waals surface area contributed by atoms with Crippen LogP contribution in [0.25, 0.3) is 0 Å². The summed E-state index contributed by atoms with van der Waals surface area (Å²) < 4.78 is 1.26. The second-order valence-corrected chi connectivity index (χ2v) is 2.72. The smallest absolute Gasteiger partial charge is 0.0857 e. The zero-order valence-corrected chi connectivity index (χ0v) is 6.45. The topological polar surface area (TPSA) is 4.44 Å². The summed E-state index contributed by atoms with van der Waals surface area (Å²) in [7, 11) is 4.33. The fraction of sp³-hybridized carbons (Fsp3) is 1.00. The van der Waals surface area contributed by atoms with Gasteiger partial charge >= 0.3 is 0 Å². The summed E-state index contributed by atoms with van der Waals surface area (Å²) in [5, 5.41) is 0. The summed E-state index contributed by atoms with van der Waals surface area (Å²) in [6, 6.07) is 0. The maximum Gasteiger partial charge on any atom is 0.0857 e. The van der Waals surface area contributed by atoms with E-state index >= 15 is 0 Å². The van der Waals surface area contributed by atoms with Crippen molar-refractivity contribution in [3.05, 3.63) is 0 Å². The van der Waals surface area contributed by atoms with E-state index in [0.29, 0.717) is 0 Å². The number of hydrogen-bond acceptors (Lipinski definition) is 0. The Morgan fingerprint density at radius 1 is 1.50 bits per heavy atom. The molecule has 0 bridgehead atoms. The van der Waals surface area contributed by atoms with E-state index < -0.39 is 0 Å². The van der Waals surface area contributed by atoms with E-state index in [4.69, 9.17) is 0 Å². The molecule has 0 fully saturated rings. The van der Waals surface area contributed by atoms with Crippen molar-refractivity contribution in [2.24, 2.45) is 0 Å². The minimum absolute atomic E-state index is 1.26. The Labute approximate surface area is 52.9 Å². The Kier molecular flexibility index (Phi) is 4.31. The van der Waals surface area contributed by atoms with Crippen molar-refractivity contribution in [1.29, 1.82) is 0 Å². The lowest BCUT2D eigenvalue weighted by atomic mass is 10.7. The van der Waals surface area contributed by atoms with Crippen molar-refractivity contribution >= 4 is 22.6 Å². The Bertz CT molecular complexity index is 28.7. The van der Waals surface area contributed by atoms with Gasteiger partial charge in [-0.25, -0.2) is 0 Å². The van der Waals surface area contributed by atoms with Gasteiger partial charge in [0.1, 0.15) is 0 Å². The molecule has 0 spiro atoms.